The molecular formula is C16H16Cl2N4O2. The van der Waals surface area contributed by atoms with Gasteiger partial charge in [0.05, 0.1) is 18.3 Å². The Morgan fingerprint density at radius 2 is 1.88 bits per heavy atom. The highest BCUT2D eigenvalue weighted by atomic mass is 35.5. The number of aromatic nitrogens is 2. The second kappa shape index (κ2) is 7.23. The number of carbonyl (C=O) groups is 1. The van der Waals surface area contributed by atoms with Crippen molar-refractivity contribution >= 4 is 34.8 Å². The SMILES string of the molecule is O=C(Cc1ccccc1Cl)N1CCN(c2cn[nH]c(=O)c2Cl)CC1. The van der Waals surface area contributed by atoms with E-state index in [-0.39, 0.29) is 17.4 Å². The van der Waals surface area contributed by atoms with Crippen LogP contribution in [-0.4, -0.2) is 47.2 Å². The van der Waals surface area contributed by atoms with Crippen molar-refractivity contribution in [3.63, 3.8) is 0 Å². The minimum absolute atomic E-state index is 0.0397. The van der Waals surface area contributed by atoms with Gasteiger partial charge in [0.1, 0.15) is 5.02 Å². The van der Waals surface area contributed by atoms with Gasteiger partial charge in [0.25, 0.3) is 5.56 Å². The molecule has 6 nitrogen and oxygen atoms in total. The van der Waals surface area contributed by atoms with Crippen molar-refractivity contribution in [2.24, 2.45) is 0 Å². The molecule has 0 aliphatic carbocycles. The number of anilines is 1. The highest BCUT2D eigenvalue weighted by Crippen LogP contribution is 2.22. The van der Waals surface area contributed by atoms with Crippen molar-refractivity contribution in [1.82, 2.24) is 15.1 Å². The molecule has 0 unspecified atom stereocenters. The molecule has 0 bridgehead atoms. The number of amides is 1. The van der Waals surface area contributed by atoms with E-state index in [1.165, 1.54) is 6.20 Å². The quantitative estimate of drug-likeness (QED) is 0.901. The maximum Gasteiger partial charge on any atom is 0.285 e. The fourth-order valence-corrected chi connectivity index (χ4v) is 3.12. The van der Waals surface area contributed by atoms with Crippen LogP contribution in [0.2, 0.25) is 10.0 Å². The van der Waals surface area contributed by atoms with Crippen LogP contribution in [0.4, 0.5) is 5.69 Å². The van der Waals surface area contributed by atoms with Crippen molar-refractivity contribution in [3.05, 3.63) is 56.4 Å². The van der Waals surface area contributed by atoms with Crippen LogP contribution >= 0.6 is 23.2 Å². The molecule has 126 valence electrons. The molecular weight excluding hydrogens is 351 g/mol. The van der Waals surface area contributed by atoms with E-state index in [4.69, 9.17) is 23.2 Å². The Balaban J connectivity index is 1.63. The highest BCUT2D eigenvalue weighted by Gasteiger charge is 2.23. The number of H-pyrrole nitrogens is 1. The standard InChI is InChI=1S/C16H16Cl2N4O2/c17-12-4-2-1-3-11(12)9-14(23)22-7-5-21(6-8-22)13-10-19-20-16(24)15(13)18/h1-4,10H,5-9H2,(H,20,24). The molecule has 0 spiro atoms. The van der Waals surface area contributed by atoms with Gasteiger partial charge >= 0.3 is 0 Å². The first-order valence-electron chi connectivity index (χ1n) is 7.55. The molecule has 24 heavy (non-hydrogen) atoms. The molecule has 2 aromatic rings. The summed E-state index contributed by atoms with van der Waals surface area (Å²) >= 11 is 12.1. The largest absolute Gasteiger partial charge is 0.365 e. The van der Waals surface area contributed by atoms with E-state index in [0.717, 1.165) is 5.56 Å². The molecule has 0 radical (unpaired) electrons. The normalized spacial score (nSPS) is 14.8. The molecule has 1 aliphatic heterocycles. The van der Waals surface area contributed by atoms with E-state index in [2.05, 4.69) is 10.2 Å². The van der Waals surface area contributed by atoms with Gasteiger partial charge < -0.3 is 9.80 Å². The van der Waals surface area contributed by atoms with Crippen molar-refractivity contribution in [1.29, 1.82) is 0 Å². The van der Waals surface area contributed by atoms with Crippen LogP contribution in [0.25, 0.3) is 0 Å². The number of nitrogens with one attached hydrogen (secondary N) is 1. The summed E-state index contributed by atoms with van der Waals surface area (Å²) in [5, 5.41) is 6.81. The lowest BCUT2D eigenvalue weighted by atomic mass is 10.1. The van der Waals surface area contributed by atoms with Gasteiger partial charge in [-0.3, -0.25) is 9.59 Å². The van der Waals surface area contributed by atoms with E-state index in [1.807, 2.05) is 23.1 Å². The molecule has 1 N–H and O–H groups in total. The molecule has 3 rings (SSSR count). The van der Waals surface area contributed by atoms with Crippen molar-refractivity contribution in [2.45, 2.75) is 6.42 Å². The van der Waals surface area contributed by atoms with Gasteiger partial charge in [0.15, 0.2) is 0 Å². The molecule has 1 saturated heterocycles. The zero-order valence-electron chi connectivity index (χ0n) is 12.8. The third-order valence-corrected chi connectivity index (χ3v) is 4.78. The first-order valence-corrected chi connectivity index (χ1v) is 8.31. The molecule has 1 amide bonds. The van der Waals surface area contributed by atoms with Crippen LogP contribution in [0.1, 0.15) is 5.56 Å². The van der Waals surface area contributed by atoms with E-state index in [9.17, 15) is 9.59 Å². The Morgan fingerprint density at radius 1 is 1.17 bits per heavy atom. The van der Waals surface area contributed by atoms with E-state index >= 15 is 0 Å². The van der Waals surface area contributed by atoms with E-state index in [0.29, 0.717) is 36.9 Å². The highest BCUT2D eigenvalue weighted by molar-refractivity contribution is 6.33. The summed E-state index contributed by atoms with van der Waals surface area (Å²) in [4.78, 5) is 27.7. The number of hydrogen-bond acceptors (Lipinski definition) is 4. The maximum atomic E-state index is 12.4. The number of nitrogens with zero attached hydrogens (tertiary/aromatic N) is 3. The van der Waals surface area contributed by atoms with Crippen LogP contribution in [0.3, 0.4) is 0 Å². The first kappa shape index (κ1) is 16.8. The summed E-state index contributed by atoms with van der Waals surface area (Å²) in [5.74, 6) is 0.0397. The second-order valence-corrected chi connectivity index (χ2v) is 6.32. The fraction of sp³-hybridized carbons (Fsp3) is 0.312. The van der Waals surface area contributed by atoms with Gasteiger partial charge in [-0.2, -0.15) is 5.10 Å². The van der Waals surface area contributed by atoms with Gasteiger partial charge in [0.2, 0.25) is 5.91 Å². The van der Waals surface area contributed by atoms with E-state index in [1.54, 1.807) is 11.0 Å². The summed E-state index contributed by atoms with van der Waals surface area (Å²) in [6.45, 7) is 2.32. The maximum absolute atomic E-state index is 12.4. The predicted octanol–water partition coefficient (Wildman–Crippen LogP) is 1.97. The molecule has 1 aromatic heterocycles. The van der Waals surface area contributed by atoms with Gasteiger partial charge in [0, 0.05) is 31.2 Å². The van der Waals surface area contributed by atoms with Crippen LogP contribution < -0.4 is 10.5 Å². The second-order valence-electron chi connectivity index (χ2n) is 5.53. The first-order chi connectivity index (χ1) is 11.6. The Morgan fingerprint density at radius 3 is 2.58 bits per heavy atom. The smallest absolute Gasteiger partial charge is 0.285 e. The number of carbonyl (C=O) groups excluding carboxylic acids is 1. The van der Waals surface area contributed by atoms with Gasteiger partial charge in [-0.15, -0.1) is 0 Å². The molecule has 2 heterocycles. The summed E-state index contributed by atoms with van der Waals surface area (Å²) in [6.07, 6.45) is 1.82. The summed E-state index contributed by atoms with van der Waals surface area (Å²) < 4.78 is 0. The summed E-state index contributed by atoms with van der Waals surface area (Å²) in [5.41, 5.74) is 1.01. The van der Waals surface area contributed by atoms with Gasteiger partial charge in [-0.1, -0.05) is 41.4 Å². The number of aromatic amines is 1. The Bertz CT molecular complexity index is 801. The number of benzene rings is 1. The summed E-state index contributed by atoms with van der Waals surface area (Å²) in [7, 11) is 0. The van der Waals surface area contributed by atoms with E-state index < -0.39 is 5.56 Å². The lowest BCUT2D eigenvalue weighted by Gasteiger charge is -2.36. The molecule has 1 aliphatic rings. The lowest BCUT2D eigenvalue weighted by Crippen LogP contribution is -2.49. The van der Waals surface area contributed by atoms with Crippen LogP contribution in [0, 0.1) is 0 Å². The number of piperazine rings is 1. The monoisotopic (exact) mass is 366 g/mol. The van der Waals surface area contributed by atoms with Crippen LogP contribution in [-0.2, 0) is 11.2 Å². The zero-order chi connectivity index (χ0) is 17.1. The average molecular weight is 367 g/mol. The summed E-state index contributed by atoms with van der Waals surface area (Å²) in [6, 6.07) is 7.35. The zero-order valence-corrected chi connectivity index (χ0v) is 14.3. The fourth-order valence-electron chi connectivity index (χ4n) is 2.71. The third-order valence-electron chi connectivity index (χ3n) is 4.05. The number of rotatable bonds is 3. The predicted molar refractivity (Wildman–Crippen MR) is 93.8 cm³/mol. The lowest BCUT2D eigenvalue weighted by molar-refractivity contribution is -0.130. The third kappa shape index (κ3) is 3.55. The van der Waals surface area contributed by atoms with Gasteiger partial charge in [-0.25, -0.2) is 5.10 Å². The number of halogens is 2. The van der Waals surface area contributed by atoms with Crippen molar-refractivity contribution < 1.29 is 4.79 Å². The van der Waals surface area contributed by atoms with Crippen LogP contribution in [0.5, 0.6) is 0 Å². The Kier molecular flexibility index (Phi) is 5.06. The minimum atomic E-state index is -0.411. The van der Waals surface area contributed by atoms with Crippen molar-refractivity contribution in [3.8, 4) is 0 Å². The minimum Gasteiger partial charge on any atom is -0.365 e. The molecule has 8 heteroatoms. The van der Waals surface area contributed by atoms with Crippen molar-refractivity contribution in [2.75, 3.05) is 31.1 Å². The van der Waals surface area contributed by atoms with Gasteiger partial charge in [-0.05, 0) is 11.6 Å². The molecule has 1 fully saturated rings. The molecule has 1 aromatic carbocycles. The Hall–Kier alpha value is -2.05. The Labute approximate surface area is 149 Å². The molecule has 0 atom stereocenters. The molecule has 0 saturated carbocycles. The number of hydrogen-bond donors (Lipinski definition) is 1. The average Bonchev–Trinajstić information content (AvgIpc) is 2.59. The topological polar surface area (TPSA) is 69.3 Å². The van der Waals surface area contributed by atoms with Crippen LogP contribution in [0.15, 0.2) is 35.3 Å².